The van der Waals surface area contributed by atoms with Crippen molar-refractivity contribution in [3.05, 3.63) is 106 Å². The first kappa shape index (κ1) is 26.6. The normalized spacial score (nSPS) is 11.0. The monoisotopic (exact) mass is 576 g/mol. The second kappa shape index (κ2) is 11.7. The van der Waals surface area contributed by atoms with Gasteiger partial charge in [0.15, 0.2) is 12.4 Å². The molecule has 2 N–H and O–H groups in total. The molecule has 0 atom stereocenters. The highest BCUT2D eigenvalue weighted by Gasteiger charge is 2.17. The maximum Gasteiger partial charge on any atom is 0.262 e. The van der Waals surface area contributed by atoms with Gasteiger partial charge in [0, 0.05) is 15.7 Å². The van der Waals surface area contributed by atoms with Crippen molar-refractivity contribution in [1.82, 2.24) is 0 Å². The summed E-state index contributed by atoms with van der Waals surface area (Å²) in [5.74, 6) is 0.611. The fourth-order valence-electron chi connectivity index (χ4n) is 3.13. The third kappa shape index (κ3) is 7.30. The van der Waals surface area contributed by atoms with Crippen LogP contribution in [-0.2, 0) is 14.8 Å². The summed E-state index contributed by atoms with van der Waals surface area (Å²) in [4.78, 5) is 12.5. The second-order valence-corrected chi connectivity index (χ2v) is 10.6. The van der Waals surface area contributed by atoms with Crippen molar-refractivity contribution in [3.63, 3.8) is 0 Å². The van der Waals surface area contributed by atoms with Gasteiger partial charge in [-0.05, 0) is 72.8 Å². The van der Waals surface area contributed by atoms with E-state index in [9.17, 15) is 13.2 Å². The molecule has 0 radical (unpaired) electrons. The molecule has 190 valence electrons. The van der Waals surface area contributed by atoms with Gasteiger partial charge in [-0.2, -0.15) is 0 Å². The standard InChI is InChI=1S/C26H19Cl3N2O5S/c27-17-6-9-19(10-7-17)31-37(33,34)21-11-13-24(22(29)15-21)35-16-26(32)30-23-14-18(28)8-12-25(23)36-20-4-2-1-3-5-20/h1-15,31H,16H2,(H,30,32). The Labute approximate surface area is 228 Å². The first-order chi connectivity index (χ1) is 17.7. The summed E-state index contributed by atoms with van der Waals surface area (Å²) in [5, 5.41) is 3.60. The summed E-state index contributed by atoms with van der Waals surface area (Å²) < 4.78 is 39.1. The van der Waals surface area contributed by atoms with Crippen LogP contribution in [0.15, 0.2) is 95.9 Å². The van der Waals surface area contributed by atoms with Crippen molar-refractivity contribution in [1.29, 1.82) is 0 Å². The van der Waals surface area contributed by atoms with Gasteiger partial charge in [-0.25, -0.2) is 8.42 Å². The molecule has 0 aliphatic rings. The van der Waals surface area contributed by atoms with E-state index in [4.69, 9.17) is 44.3 Å². The average Bonchev–Trinajstić information content (AvgIpc) is 2.87. The van der Waals surface area contributed by atoms with Gasteiger partial charge in [-0.15, -0.1) is 0 Å². The first-order valence-electron chi connectivity index (χ1n) is 10.7. The topological polar surface area (TPSA) is 93.7 Å². The fraction of sp³-hybridized carbons (Fsp3) is 0.0385. The Balaban J connectivity index is 1.40. The van der Waals surface area contributed by atoms with Gasteiger partial charge < -0.3 is 14.8 Å². The highest BCUT2D eigenvalue weighted by molar-refractivity contribution is 7.92. The molecule has 0 aliphatic heterocycles. The number of carbonyl (C=O) groups is 1. The Bertz CT molecular complexity index is 1520. The predicted octanol–water partition coefficient (Wildman–Crippen LogP) is 7.26. The third-order valence-electron chi connectivity index (χ3n) is 4.86. The fourth-order valence-corrected chi connectivity index (χ4v) is 4.81. The van der Waals surface area contributed by atoms with Gasteiger partial charge in [0.1, 0.15) is 11.5 Å². The molecule has 7 nitrogen and oxygen atoms in total. The zero-order valence-electron chi connectivity index (χ0n) is 19.0. The van der Waals surface area contributed by atoms with Crippen molar-refractivity contribution in [3.8, 4) is 17.2 Å². The number of para-hydroxylation sites is 1. The second-order valence-electron chi connectivity index (χ2n) is 7.60. The molecule has 0 aliphatic carbocycles. The number of nitrogens with one attached hydrogen (secondary N) is 2. The van der Waals surface area contributed by atoms with Crippen LogP contribution in [0.2, 0.25) is 15.1 Å². The number of hydrogen-bond donors (Lipinski definition) is 2. The quantitative estimate of drug-likeness (QED) is 0.218. The Morgan fingerprint density at radius 2 is 1.46 bits per heavy atom. The summed E-state index contributed by atoms with van der Waals surface area (Å²) in [6, 6.07) is 24.0. The van der Waals surface area contributed by atoms with E-state index in [0.717, 1.165) is 0 Å². The molecule has 4 aromatic rings. The molecule has 0 spiro atoms. The van der Waals surface area contributed by atoms with Crippen molar-refractivity contribution in [2.24, 2.45) is 0 Å². The van der Waals surface area contributed by atoms with Crippen molar-refractivity contribution in [2.45, 2.75) is 4.90 Å². The minimum Gasteiger partial charge on any atom is -0.482 e. The number of ether oxygens (including phenoxy) is 2. The van der Waals surface area contributed by atoms with E-state index in [2.05, 4.69) is 10.0 Å². The maximum absolute atomic E-state index is 12.7. The number of sulfonamides is 1. The van der Waals surface area contributed by atoms with Crippen LogP contribution < -0.4 is 19.5 Å². The molecule has 11 heteroatoms. The lowest BCUT2D eigenvalue weighted by Crippen LogP contribution is -2.20. The summed E-state index contributed by atoms with van der Waals surface area (Å²) in [7, 11) is -3.91. The molecule has 0 saturated carbocycles. The Morgan fingerprint density at radius 1 is 0.784 bits per heavy atom. The zero-order valence-corrected chi connectivity index (χ0v) is 22.0. The Kier molecular flexibility index (Phi) is 8.45. The number of rotatable bonds is 9. The molecule has 0 heterocycles. The largest absolute Gasteiger partial charge is 0.482 e. The maximum atomic E-state index is 12.7. The van der Waals surface area contributed by atoms with Crippen molar-refractivity contribution in [2.75, 3.05) is 16.6 Å². The number of hydrogen-bond acceptors (Lipinski definition) is 5. The molecule has 4 aromatic carbocycles. The SMILES string of the molecule is O=C(COc1ccc(S(=O)(=O)Nc2ccc(Cl)cc2)cc1Cl)Nc1cc(Cl)ccc1Oc1ccccc1. The number of anilines is 2. The first-order valence-corrected chi connectivity index (χ1v) is 13.3. The molecule has 37 heavy (non-hydrogen) atoms. The number of benzene rings is 4. The molecule has 0 unspecified atom stereocenters. The van der Waals surface area contributed by atoms with Crippen LogP contribution >= 0.6 is 34.8 Å². The number of carbonyl (C=O) groups excluding carboxylic acids is 1. The summed E-state index contributed by atoms with van der Waals surface area (Å²) >= 11 is 18.2. The minimum atomic E-state index is -3.91. The summed E-state index contributed by atoms with van der Waals surface area (Å²) in [6.45, 7) is -0.397. The van der Waals surface area contributed by atoms with E-state index in [1.807, 2.05) is 18.2 Å². The van der Waals surface area contributed by atoms with Gasteiger partial charge in [-0.1, -0.05) is 53.0 Å². The van der Waals surface area contributed by atoms with E-state index < -0.39 is 22.5 Å². The molecule has 0 aromatic heterocycles. The summed E-state index contributed by atoms with van der Waals surface area (Å²) in [6.07, 6.45) is 0. The Morgan fingerprint density at radius 3 is 2.16 bits per heavy atom. The van der Waals surface area contributed by atoms with Crippen LogP contribution in [0, 0.1) is 0 Å². The van der Waals surface area contributed by atoms with E-state index in [0.29, 0.717) is 32.9 Å². The smallest absolute Gasteiger partial charge is 0.262 e. The summed E-state index contributed by atoms with van der Waals surface area (Å²) in [5.41, 5.74) is 0.694. The lowest BCUT2D eigenvalue weighted by molar-refractivity contribution is -0.118. The molecule has 0 fully saturated rings. The molecule has 0 bridgehead atoms. The van der Waals surface area contributed by atoms with Gasteiger partial charge in [0.25, 0.3) is 15.9 Å². The zero-order chi connectivity index (χ0) is 26.4. The van der Waals surface area contributed by atoms with Crippen LogP contribution in [-0.4, -0.2) is 20.9 Å². The van der Waals surface area contributed by atoms with Crippen molar-refractivity contribution >= 4 is 62.1 Å². The molecular formula is C26H19Cl3N2O5S. The molecule has 1 amide bonds. The Hall–Kier alpha value is -3.43. The minimum absolute atomic E-state index is 0.0163. The third-order valence-corrected chi connectivity index (χ3v) is 7.02. The van der Waals surface area contributed by atoms with Crippen molar-refractivity contribution < 1.29 is 22.7 Å². The van der Waals surface area contributed by atoms with Crippen LogP contribution in [0.25, 0.3) is 0 Å². The lowest BCUT2D eigenvalue weighted by atomic mass is 10.2. The molecule has 4 rings (SSSR count). The average molecular weight is 578 g/mol. The lowest BCUT2D eigenvalue weighted by Gasteiger charge is -2.14. The predicted molar refractivity (Wildman–Crippen MR) is 146 cm³/mol. The van der Waals surface area contributed by atoms with E-state index >= 15 is 0 Å². The number of amides is 1. The van der Waals surface area contributed by atoms with Gasteiger partial charge in [-0.3, -0.25) is 9.52 Å². The van der Waals surface area contributed by atoms with Crippen LogP contribution in [0.3, 0.4) is 0 Å². The van der Waals surface area contributed by atoms with Gasteiger partial charge in [0.05, 0.1) is 15.6 Å². The van der Waals surface area contributed by atoms with Crippen LogP contribution in [0.4, 0.5) is 11.4 Å². The molecule has 0 saturated heterocycles. The highest BCUT2D eigenvalue weighted by atomic mass is 35.5. The van der Waals surface area contributed by atoms with E-state index in [1.54, 1.807) is 42.5 Å². The van der Waals surface area contributed by atoms with Crippen LogP contribution in [0.5, 0.6) is 17.2 Å². The van der Waals surface area contributed by atoms with Gasteiger partial charge >= 0.3 is 0 Å². The van der Waals surface area contributed by atoms with E-state index in [1.165, 1.54) is 30.3 Å². The van der Waals surface area contributed by atoms with E-state index in [-0.39, 0.29) is 15.7 Å². The van der Waals surface area contributed by atoms with Crippen LogP contribution in [0.1, 0.15) is 0 Å². The highest BCUT2D eigenvalue weighted by Crippen LogP contribution is 2.32. The molecular weight excluding hydrogens is 559 g/mol. The number of halogens is 3. The van der Waals surface area contributed by atoms with Gasteiger partial charge in [0.2, 0.25) is 0 Å².